The van der Waals surface area contributed by atoms with E-state index in [0.717, 1.165) is 4.68 Å². The Bertz CT molecular complexity index is 879. The maximum atomic E-state index is 12.5. The number of aromatic nitrogens is 2. The van der Waals surface area contributed by atoms with Gasteiger partial charge in [0.1, 0.15) is 0 Å². The predicted octanol–water partition coefficient (Wildman–Crippen LogP) is 1.01. The standard InChI is InChI=1S/C18H20N4O5/c1-3-11-22-14(23)10-9-13(21-22)17(25)27-15(12-7-5-4-6-8-12)16(24)20-18(26)19-2/h4-10,15H,3,11H2,1-2H3,(H2,19,20,24,26)/t15-/m1/s1. The first kappa shape index (κ1) is 19.8. The maximum Gasteiger partial charge on any atom is 0.359 e. The van der Waals surface area contributed by atoms with E-state index in [1.807, 2.05) is 6.92 Å². The molecule has 0 fully saturated rings. The summed E-state index contributed by atoms with van der Waals surface area (Å²) < 4.78 is 6.45. The number of amides is 3. The smallest absolute Gasteiger partial charge is 0.359 e. The summed E-state index contributed by atoms with van der Waals surface area (Å²) in [6.45, 7) is 2.22. The first-order chi connectivity index (χ1) is 13.0. The number of nitrogens with one attached hydrogen (secondary N) is 2. The molecular weight excluding hydrogens is 352 g/mol. The number of carbonyl (C=O) groups is 3. The molecule has 0 aliphatic carbocycles. The van der Waals surface area contributed by atoms with E-state index in [1.165, 1.54) is 19.2 Å². The number of aryl methyl sites for hydroxylation is 1. The molecular formula is C18H20N4O5. The monoisotopic (exact) mass is 372 g/mol. The molecule has 2 N–H and O–H groups in total. The average Bonchev–Trinajstić information content (AvgIpc) is 2.68. The Morgan fingerprint density at radius 1 is 1.15 bits per heavy atom. The van der Waals surface area contributed by atoms with E-state index in [2.05, 4.69) is 15.7 Å². The van der Waals surface area contributed by atoms with Crippen LogP contribution in [-0.4, -0.2) is 34.7 Å². The van der Waals surface area contributed by atoms with E-state index >= 15 is 0 Å². The second kappa shape index (κ2) is 9.27. The van der Waals surface area contributed by atoms with Crippen LogP contribution < -0.4 is 16.2 Å². The number of ether oxygens (including phenoxy) is 1. The summed E-state index contributed by atoms with van der Waals surface area (Å²) in [4.78, 5) is 48.0. The molecule has 1 aromatic carbocycles. The van der Waals surface area contributed by atoms with E-state index in [9.17, 15) is 19.2 Å². The Hall–Kier alpha value is -3.49. The van der Waals surface area contributed by atoms with Crippen LogP contribution in [0.15, 0.2) is 47.3 Å². The van der Waals surface area contributed by atoms with Crippen LogP contribution >= 0.6 is 0 Å². The highest BCUT2D eigenvalue weighted by molar-refractivity contribution is 5.98. The van der Waals surface area contributed by atoms with Gasteiger partial charge in [-0.05, 0) is 12.5 Å². The number of rotatable bonds is 6. The van der Waals surface area contributed by atoms with Gasteiger partial charge in [0.05, 0.1) is 0 Å². The van der Waals surface area contributed by atoms with Gasteiger partial charge in [-0.3, -0.25) is 14.9 Å². The van der Waals surface area contributed by atoms with Crippen LogP contribution in [0.5, 0.6) is 0 Å². The van der Waals surface area contributed by atoms with Crippen LogP contribution in [0.25, 0.3) is 0 Å². The van der Waals surface area contributed by atoms with Crippen molar-refractivity contribution in [1.29, 1.82) is 0 Å². The van der Waals surface area contributed by atoms with Gasteiger partial charge in [0.15, 0.2) is 5.69 Å². The molecule has 0 unspecified atom stereocenters. The molecule has 0 aliphatic heterocycles. The third-order valence-electron chi connectivity index (χ3n) is 3.54. The van der Waals surface area contributed by atoms with Crippen LogP contribution in [0.4, 0.5) is 4.79 Å². The highest BCUT2D eigenvalue weighted by Crippen LogP contribution is 2.19. The summed E-state index contributed by atoms with van der Waals surface area (Å²) in [6, 6.07) is 9.97. The van der Waals surface area contributed by atoms with E-state index in [4.69, 9.17) is 4.74 Å². The van der Waals surface area contributed by atoms with Crippen molar-refractivity contribution in [3.8, 4) is 0 Å². The molecule has 1 heterocycles. The molecule has 3 amide bonds. The molecule has 1 atom stereocenters. The van der Waals surface area contributed by atoms with E-state index in [-0.39, 0.29) is 11.3 Å². The number of nitrogens with zero attached hydrogens (tertiary/aromatic N) is 2. The molecule has 0 aliphatic rings. The second-order valence-electron chi connectivity index (χ2n) is 5.54. The van der Waals surface area contributed by atoms with Crippen molar-refractivity contribution in [3.05, 3.63) is 64.1 Å². The molecule has 9 nitrogen and oxygen atoms in total. The van der Waals surface area contributed by atoms with Crippen molar-refractivity contribution >= 4 is 17.9 Å². The topological polar surface area (TPSA) is 119 Å². The number of imide groups is 1. The molecule has 2 aromatic rings. The van der Waals surface area contributed by atoms with Gasteiger partial charge >= 0.3 is 12.0 Å². The molecule has 0 spiro atoms. The molecule has 2 rings (SSSR count). The van der Waals surface area contributed by atoms with Gasteiger partial charge in [-0.2, -0.15) is 5.10 Å². The van der Waals surface area contributed by atoms with Crippen molar-refractivity contribution in [2.75, 3.05) is 7.05 Å². The fourth-order valence-electron chi connectivity index (χ4n) is 2.24. The fourth-order valence-corrected chi connectivity index (χ4v) is 2.24. The highest BCUT2D eigenvalue weighted by atomic mass is 16.5. The van der Waals surface area contributed by atoms with Gasteiger partial charge in [0.25, 0.3) is 11.5 Å². The quantitative estimate of drug-likeness (QED) is 0.730. The van der Waals surface area contributed by atoms with E-state index in [0.29, 0.717) is 18.5 Å². The third-order valence-corrected chi connectivity index (χ3v) is 3.54. The zero-order valence-corrected chi connectivity index (χ0v) is 15.0. The van der Waals surface area contributed by atoms with Crippen LogP contribution in [0.1, 0.15) is 35.5 Å². The lowest BCUT2D eigenvalue weighted by molar-refractivity contribution is -0.129. The average molecular weight is 372 g/mol. The molecule has 0 radical (unpaired) electrons. The third kappa shape index (κ3) is 5.24. The predicted molar refractivity (Wildman–Crippen MR) is 96.0 cm³/mol. The summed E-state index contributed by atoms with van der Waals surface area (Å²) in [6.07, 6.45) is -0.698. The number of urea groups is 1. The molecule has 0 saturated carbocycles. The van der Waals surface area contributed by atoms with Gasteiger partial charge < -0.3 is 10.1 Å². The SMILES string of the molecule is CCCn1nc(C(=O)O[C@@H](C(=O)NC(=O)NC)c2ccccc2)ccc1=O. The molecule has 142 valence electrons. The summed E-state index contributed by atoms with van der Waals surface area (Å²) in [7, 11) is 1.35. The minimum absolute atomic E-state index is 0.114. The second-order valence-corrected chi connectivity index (χ2v) is 5.54. The Kier molecular flexibility index (Phi) is 6.81. The van der Waals surface area contributed by atoms with Gasteiger partial charge in [-0.25, -0.2) is 14.3 Å². The van der Waals surface area contributed by atoms with Crippen molar-refractivity contribution in [2.24, 2.45) is 0 Å². The Balaban J connectivity index is 2.28. The Labute approximate surface area is 155 Å². The molecule has 0 saturated heterocycles. The number of benzene rings is 1. The van der Waals surface area contributed by atoms with Gasteiger partial charge in [-0.15, -0.1) is 0 Å². The Morgan fingerprint density at radius 3 is 2.48 bits per heavy atom. The molecule has 1 aromatic heterocycles. The number of hydrogen-bond acceptors (Lipinski definition) is 6. The lowest BCUT2D eigenvalue weighted by Gasteiger charge is -2.17. The van der Waals surface area contributed by atoms with Crippen LogP contribution in [0.3, 0.4) is 0 Å². The maximum absolute atomic E-state index is 12.5. The van der Waals surface area contributed by atoms with Gasteiger partial charge in [0, 0.05) is 25.2 Å². The van der Waals surface area contributed by atoms with Crippen LogP contribution in [-0.2, 0) is 16.1 Å². The molecule has 27 heavy (non-hydrogen) atoms. The van der Waals surface area contributed by atoms with Crippen LogP contribution in [0, 0.1) is 0 Å². The lowest BCUT2D eigenvalue weighted by atomic mass is 10.1. The zero-order valence-electron chi connectivity index (χ0n) is 15.0. The summed E-state index contributed by atoms with van der Waals surface area (Å²) in [5.74, 6) is -1.70. The highest BCUT2D eigenvalue weighted by Gasteiger charge is 2.27. The fraction of sp³-hybridized carbons (Fsp3) is 0.278. The minimum atomic E-state index is -1.36. The molecule has 9 heteroatoms. The minimum Gasteiger partial charge on any atom is -0.442 e. The van der Waals surface area contributed by atoms with Crippen LogP contribution in [0.2, 0.25) is 0 Å². The van der Waals surface area contributed by atoms with E-state index in [1.54, 1.807) is 30.3 Å². The number of carbonyl (C=O) groups excluding carboxylic acids is 3. The van der Waals surface area contributed by atoms with Gasteiger partial charge in [0.2, 0.25) is 6.10 Å². The molecule has 0 bridgehead atoms. The van der Waals surface area contributed by atoms with Gasteiger partial charge in [-0.1, -0.05) is 37.3 Å². The van der Waals surface area contributed by atoms with Crippen molar-refractivity contribution < 1.29 is 19.1 Å². The van der Waals surface area contributed by atoms with Crippen molar-refractivity contribution in [2.45, 2.75) is 26.0 Å². The number of esters is 1. The first-order valence-corrected chi connectivity index (χ1v) is 8.33. The lowest BCUT2D eigenvalue weighted by Crippen LogP contribution is -2.41. The normalized spacial score (nSPS) is 11.3. The Morgan fingerprint density at radius 2 is 1.85 bits per heavy atom. The summed E-state index contributed by atoms with van der Waals surface area (Å²) in [5.41, 5.74) is -0.0729. The summed E-state index contributed by atoms with van der Waals surface area (Å²) >= 11 is 0. The first-order valence-electron chi connectivity index (χ1n) is 8.33. The largest absolute Gasteiger partial charge is 0.442 e. The number of hydrogen-bond donors (Lipinski definition) is 2. The van der Waals surface area contributed by atoms with E-state index < -0.39 is 24.0 Å². The zero-order chi connectivity index (χ0) is 19.8. The van der Waals surface area contributed by atoms with Crippen molar-refractivity contribution in [1.82, 2.24) is 20.4 Å². The summed E-state index contributed by atoms with van der Waals surface area (Å²) in [5, 5.41) is 8.30. The van der Waals surface area contributed by atoms with Crippen molar-refractivity contribution in [3.63, 3.8) is 0 Å².